The number of ether oxygens (including phenoxy) is 1. The predicted molar refractivity (Wildman–Crippen MR) is 75.1 cm³/mol. The van der Waals surface area contributed by atoms with Gasteiger partial charge in [0.25, 0.3) is 0 Å². The summed E-state index contributed by atoms with van der Waals surface area (Å²) in [4.78, 5) is 14.5. The molecule has 1 atom stereocenters. The molecule has 2 fully saturated rings. The quantitative estimate of drug-likeness (QED) is 0.766. The standard InChI is InChI=1S/C14H27N3O2/c1-14(2,17-6-8-19-9-7-17)11-16-13(18)12-4-3-5-15-10-12/h12,15H,3-11H2,1-2H3,(H,16,18)/t12-/m0/s1. The summed E-state index contributed by atoms with van der Waals surface area (Å²) in [6.45, 7) is 10.5. The number of piperidine rings is 1. The Balaban J connectivity index is 1.77. The number of hydrogen-bond acceptors (Lipinski definition) is 4. The zero-order chi connectivity index (χ0) is 13.7. The van der Waals surface area contributed by atoms with Crippen LogP contribution in [0.3, 0.4) is 0 Å². The molecule has 0 aromatic heterocycles. The van der Waals surface area contributed by atoms with Crippen LogP contribution in [0.4, 0.5) is 0 Å². The number of hydrogen-bond donors (Lipinski definition) is 2. The molecule has 110 valence electrons. The normalized spacial score (nSPS) is 26.1. The van der Waals surface area contributed by atoms with Gasteiger partial charge in [0.1, 0.15) is 0 Å². The molecule has 2 aliphatic rings. The second kappa shape index (κ2) is 6.68. The summed E-state index contributed by atoms with van der Waals surface area (Å²) in [6, 6.07) is 0. The molecule has 0 radical (unpaired) electrons. The fourth-order valence-corrected chi connectivity index (χ4v) is 2.80. The average Bonchev–Trinajstić information content (AvgIpc) is 2.47. The molecule has 5 heteroatoms. The molecule has 19 heavy (non-hydrogen) atoms. The third-order valence-corrected chi connectivity index (χ3v) is 4.23. The van der Waals surface area contributed by atoms with Crippen LogP contribution in [0, 0.1) is 5.92 Å². The van der Waals surface area contributed by atoms with E-state index in [4.69, 9.17) is 4.74 Å². The van der Waals surface area contributed by atoms with Crippen molar-refractivity contribution in [3.05, 3.63) is 0 Å². The van der Waals surface area contributed by atoms with Crippen LogP contribution in [0.25, 0.3) is 0 Å². The average molecular weight is 269 g/mol. The molecule has 2 aliphatic heterocycles. The van der Waals surface area contributed by atoms with E-state index in [9.17, 15) is 4.79 Å². The van der Waals surface area contributed by atoms with Gasteiger partial charge in [-0.05, 0) is 33.2 Å². The molecule has 0 spiro atoms. The highest BCUT2D eigenvalue weighted by Gasteiger charge is 2.29. The van der Waals surface area contributed by atoms with Gasteiger partial charge in [0.15, 0.2) is 0 Å². The van der Waals surface area contributed by atoms with Crippen LogP contribution in [-0.2, 0) is 9.53 Å². The van der Waals surface area contributed by atoms with Crippen molar-refractivity contribution in [1.82, 2.24) is 15.5 Å². The fourth-order valence-electron chi connectivity index (χ4n) is 2.80. The first-order valence-electron chi connectivity index (χ1n) is 7.41. The molecule has 2 saturated heterocycles. The van der Waals surface area contributed by atoms with Crippen molar-refractivity contribution in [2.45, 2.75) is 32.2 Å². The minimum Gasteiger partial charge on any atom is -0.379 e. The molecule has 2 N–H and O–H groups in total. The highest BCUT2D eigenvalue weighted by molar-refractivity contribution is 5.79. The Morgan fingerprint density at radius 3 is 2.79 bits per heavy atom. The lowest BCUT2D eigenvalue weighted by Crippen LogP contribution is -2.56. The van der Waals surface area contributed by atoms with Crippen molar-refractivity contribution in [3.8, 4) is 0 Å². The number of nitrogens with one attached hydrogen (secondary N) is 2. The van der Waals surface area contributed by atoms with Crippen molar-refractivity contribution >= 4 is 5.91 Å². The van der Waals surface area contributed by atoms with E-state index in [-0.39, 0.29) is 17.4 Å². The van der Waals surface area contributed by atoms with Gasteiger partial charge in [0, 0.05) is 31.7 Å². The van der Waals surface area contributed by atoms with Gasteiger partial charge in [0.2, 0.25) is 5.91 Å². The monoisotopic (exact) mass is 269 g/mol. The summed E-state index contributed by atoms with van der Waals surface area (Å²) in [5.74, 6) is 0.350. The topological polar surface area (TPSA) is 53.6 Å². The van der Waals surface area contributed by atoms with E-state index in [0.717, 1.165) is 52.2 Å². The third-order valence-electron chi connectivity index (χ3n) is 4.23. The van der Waals surface area contributed by atoms with Gasteiger partial charge in [-0.25, -0.2) is 0 Å². The Hall–Kier alpha value is -0.650. The minimum atomic E-state index is 0.00152. The van der Waals surface area contributed by atoms with Gasteiger partial charge < -0.3 is 15.4 Å². The maximum absolute atomic E-state index is 12.1. The Kier molecular flexibility index (Phi) is 5.19. The SMILES string of the molecule is CC(C)(CNC(=O)[C@H]1CCCNC1)N1CCOCC1. The van der Waals surface area contributed by atoms with Crippen LogP contribution in [0.2, 0.25) is 0 Å². The molecule has 5 nitrogen and oxygen atoms in total. The third kappa shape index (κ3) is 4.16. The zero-order valence-electron chi connectivity index (χ0n) is 12.2. The van der Waals surface area contributed by atoms with Crippen LogP contribution in [0.1, 0.15) is 26.7 Å². The van der Waals surface area contributed by atoms with E-state index in [1.807, 2.05) is 0 Å². The minimum absolute atomic E-state index is 0.00152. The first-order chi connectivity index (χ1) is 9.09. The summed E-state index contributed by atoms with van der Waals surface area (Å²) in [5.41, 5.74) is 0.00152. The van der Waals surface area contributed by atoms with Crippen molar-refractivity contribution in [2.75, 3.05) is 45.9 Å². The van der Waals surface area contributed by atoms with Gasteiger partial charge in [-0.1, -0.05) is 0 Å². The summed E-state index contributed by atoms with van der Waals surface area (Å²) in [7, 11) is 0. The van der Waals surface area contributed by atoms with E-state index in [0.29, 0.717) is 6.54 Å². The molecule has 0 aliphatic carbocycles. The fraction of sp³-hybridized carbons (Fsp3) is 0.929. The Morgan fingerprint density at radius 2 is 2.16 bits per heavy atom. The van der Waals surface area contributed by atoms with Gasteiger partial charge in [-0.2, -0.15) is 0 Å². The smallest absolute Gasteiger partial charge is 0.224 e. The summed E-state index contributed by atoms with van der Waals surface area (Å²) < 4.78 is 5.38. The van der Waals surface area contributed by atoms with E-state index in [1.165, 1.54) is 0 Å². The lowest BCUT2D eigenvalue weighted by atomic mass is 9.97. The highest BCUT2D eigenvalue weighted by atomic mass is 16.5. The first kappa shape index (κ1) is 14.8. The number of rotatable bonds is 4. The van der Waals surface area contributed by atoms with Crippen molar-refractivity contribution in [2.24, 2.45) is 5.92 Å². The second-order valence-corrected chi connectivity index (χ2v) is 6.17. The molecule has 2 heterocycles. The second-order valence-electron chi connectivity index (χ2n) is 6.17. The zero-order valence-corrected chi connectivity index (χ0v) is 12.2. The number of carbonyl (C=O) groups is 1. The van der Waals surface area contributed by atoms with Crippen LogP contribution >= 0.6 is 0 Å². The van der Waals surface area contributed by atoms with Crippen molar-refractivity contribution in [3.63, 3.8) is 0 Å². The molecule has 0 aromatic carbocycles. The number of morpholine rings is 1. The number of amides is 1. The molecular formula is C14H27N3O2. The predicted octanol–water partition coefficient (Wildman–Crippen LogP) is 0.213. The van der Waals surface area contributed by atoms with Crippen LogP contribution in [0.15, 0.2) is 0 Å². The van der Waals surface area contributed by atoms with Gasteiger partial charge in [-0.3, -0.25) is 9.69 Å². The largest absolute Gasteiger partial charge is 0.379 e. The summed E-state index contributed by atoms with van der Waals surface area (Å²) in [5, 5.41) is 6.42. The Morgan fingerprint density at radius 1 is 1.42 bits per heavy atom. The molecule has 0 bridgehead atoms. The van der Waals surface area contributed by atoms with E-state index in [2.05, 4.69) is 29.4 Å². The number of nitrogens with zero attached hydrogens (tertiary/aromatic N) is 1. The molecule has 0 aromatic rings. The Labute approximate surface area is 116 Å². The van der Waals surface area contributed by atoms with E-state index < -0.39 is 0 Å². The van der Waals surface area contributed by atoms with Crippen molar-refractivity contribution < 1.29 is 9.53 Å². The maximum atomic E-state index is 12.1. The first-order valence-corrected chi connectivity index (χ1v) is 7.41. The lowest BCUT2D eigenvalue weighted by Gasteiger charge is -2.41. The van der Waals surface area contributed by atoms with E-state index in [1.54, 1.807) is 0 Å². The lowest BCUT2D eigenvalue weighted by molar-refractivity contribution is -0.126. The van der Waals surface area contributed by atoms with Gasteiger partial charge >= 0.3 is 0 Å². The summed E-state index contributed by atoms with van der Waals surface area (Å²) in [6.07, 6.45) is 2.11. The molecule has 2 rings (SSSR count). The highest BCUT2D eigenvalue weighted by Crippen LogP contribution is 2.16. The van der Waals surface area contributed by atoms with Gasteiger partial charge in [-0.15, -0.1) is 0 Å². The van der Waals surface area contributed by atoms with Crippen LogP contribution < -0.4 is 10.6 Å². The Bertz CT molecular complexity index is 295. The van der Waals surface area contributed by atoms with Crippen LogP contribution in [0.5, 0.6) is 0 Å². The van der Waals surface area contributed by atoms with Gasteiger partial charge in [0.05, 0.1) is 19.1 Å². The molecule has 0 saturated carbocycles. The van der Waals surface area contributed by atoms with E-state index >= 15 is 0 Å². The van der Waals surface area contributed by atoms with Crippen molar-refractivity contribution in [1.29, 1.82) is 0 Å². The molecular weight excluding hydrogens is 242 g/mol. The summed E-state index contributed by atoms with van der Waals surface area (Å²) >= 11 is 0. The maximum Gasteiger partial charge on any atom is 0.224 e. The molecule has 0 unspecified atom stereocenters. The number of carbonyl (C=O) groups excluding carboxylic acids is 1. The molecule has 1 amide bonds. The van der Waals surface area contributed by atoms with Crippen LogP contribution in [-0.4, -0.2) is 62.3 Å².